The topological polar surface area (TPSA) is 47.0 Å². The van der Waals surface area contributed by atoms with Crippen molar-refractivity contribution in [3.05, 3.63) is 24.0 Å². The molecule has 0 amide bonds. The van der Waals surface area contributed by atoms with Crippen LogP contribution in [0.2, 0.25) is 0 Å². The summed E-state index contributed by atoms with van der Waals surface area (Å²) in [5.41, 5.74) is 0. The molecule has 0 aliphatic carbocycles. The molecule has 1 aliphatic heterocycles. The second-order valence-electron chi connectivity index (χ2n) is 0.948. The first-order valence-corrected chi connectivity index (χ1v) is 2.10. The Morgan fingerprint density at radius 2 is 1.90 bits per heavy atom. The maximum Gasteiger partial charge on any atom is 4.00 e. The van der Waals surface area contributed by atoms with Gasteiger partial charge >= 0.3 is 28.3 Å². The molecule has 1 heterocycles. The molecule has 0 aromatic heterocycles. The van der Waals surface area contributed by atoms with E-state index in [0.29, 0.717) is 0 Å². The van der Waals surface area contributed by atoms with E-state index in [4.69, 9.17) is 11.6 Å². The van der Waals surface area contributed by atoms with Gasteiger partial charge in [-0.1, -0.05) is 0 Å². The third-order valence-corrected chi connectivity index (χ3v) is 0.654. The molecule has 0 aromatic rings. The van der Waals surface area contributed by atoms with E-state index in [1.54, 1.807) is 0 Å². The molecule has 0 saturated carbocycles. The number of hydrogen-bond donors (Lipinski definition) is 0. The van der Waals surface area contributed by atoms with Crippen LogP contribution in [0.15, 0.2) is 24.0 Å². The first-order valence-electron chi connectivity index (χ1n) is 1.72. The quantitative estimate of drug-likeness (QED) is 0.526. The van der Waals surface area contributed by atoms with Crippen molar-refractivity contribution >= 4 is 39.9 Å². The van der Waals surface area contributed by atoms with Crippen molar-refractivity contribution in [1.29, 1.82) is 0 Å². The van der Waals surface area contributed by atoms with E-state index >= 15 is 0 Å². The summed E-state index contributed by atoms with van der Waals surface area (Å²) < 4.78 is 9.18. The van der Waals surface area contributed by atoms with Gasteiger partial charge in [0.05, 0.1) is 0 Å². The minimum absolute atomic E-state index is 0. The van der Waals surface area contributed by atoms with Crippen molar-refractivity contribution in [3.63, 3.8) is 0 Å². The molecule has 0 atom stereocenters. The fraction of sp³-hybridized carbons (Fsp3) is 0. The Balaban J connectivity index is -0.000000163. The summed E-state index contributed by atoms with van der Waals surface area (Å²) in [7, 11) is 0. The molecule has 0 spiro atoms. The Labute approximate surface area is 79.1 Å². The van der Waals surface area contributed by atoms with Crippen molar-refractivity contribution in [3.8, 4) is 0 Å². The maximum atomic E-state index is 5.28. The number of halogens is 1. The van der Waals surface area contributed by atoms with Crippen LogP contribution in [0.4, 0.5) is 0 Å². The molecule has 46 valence electrons. The molecular weight excluding hydrogens is 187 g/mol. The monoisotopic (exact) mass is 189 g/mol. The minimum atomic E-state index is 0. The van der Waals surface area contributed by atoms with E-state index in [0.717, 1.165) is 0 Å². The zero-order valence-electron chi connectivity index (χ0n) is 4.91. The Hall–Kier alpha value is 0.0794. The molecule has 10 heavy (non-hydrogen) atoms. The Kier molecular flexibility index (Phi) is 15.1. The minimum Gasteiger partial charge on any atom is -2.00 e. The van der Waals surface area contributed by atoms with Gasteiger partial charge < -0.3 is 14.9 Å². The fourth-order valence-electron chi connectivity index (χ4n) is 0.245. The summed E-state index contributed by atoms with van der Waals surface area (Å²) in [5.74, 6) is 0. The molecule has 0 saturated heterocycles. The summed E-state index contributed by atoms with van der Waals surface area (Å²) in [6, 6.07) is 0. The summed E-state index contributed by atoms with van der Waals surface area (Å²) in [5, 5.41) is 0.252. The Morgan fingerprint density at radius 3 is 2.10 bits per heavy atom. The van der Waals surface area contributed by atoms with Crippen LogP contribution in [0.1, 0.15) is 0 Å². The maximum absolute atomic E-state index is 5.28. The summed E-state index contributed by atoms with van der Waals surface area (Å²) in [6.45, 7) is 0. The van der Waals surface area contributed by atoms with Gasteiger partial charge in [-0.05, 0) is 11.6 Å². The number of hydrogen-bond acceptors (Lipinski definition) is 2. The van der Waals surface area contributed by atoms with Crippen LogP contribution in [0.5, 0.6) is 0 Å². The molecule has 0 unspecified atom stereocenters. The van der Waals surface area contributed by atoms with Crippen LogP contribution in [-0.4, -0.2) is 28.3 Å². The average molecular weight is 190 g/mol. The largest absolute Gasteiger partial charge is 4.00 e. The van der Waals surface area contributed by atoms with Crippen LogP contribution in [0.25, 0.3) is 0 Å². The van der Waals surface area contributed by atoms with Crippen LogP contribution < -0.4 is 0 Å². The second kappa shape index (κ2) is 9.08. The van der Waals surface area contributed by atoms with E-state index < -0.39 is 0 Å². The zero-order chi connectivity index (χ0) is 5.11. The molecule has 0 aromatic carbocycles. The van der Waals surface area contributed by atoms with Crippen molar-refractivity contribution in [2.45, 2.75) is 0 Å². The van der Waals surface area contributed by atoms with Crippen LogP contribution in [-0.2, 0) is 14.9 Å². The molecular formula is C4H3AlClO3Si+5. The van der Waals surface area contributed by atoms with Gasteiger partial charge in [-0.2, -0.15) is 0 Å². The SMILES string of the molecule is ClC1=COC=CO1.[Al+3].[O-2].[Si+4]. The molecule has 1 aliphatic rings. The first-order chi connectivity index (χ1) is 3.39. The van der Waals surface area contributed by atoms with Gasteiger partial charge in [0.15, 0.2) is 0 Å². The van der Waals surface area contributed by atoms with Crippen LogP contribution >= 0.6 is 11.6 Å². The molecule has 3 nitrogen and oxygen atoms in total. The molecule has 0 bridgehead atoms. The van der Waals surface area contributed by atoms with Crippen molar-refractivity contribution in [2.75, 3.05) is 0 Å². The summed E-state index contributed by atoms with van der Waals surface area (Å²) in [6.07, 6.45) is 4.07. The van der Waals surface area contributed by atoms with Crippen molar-refractivity contribution in [2.24, 2.45) is 0 Å². The standard InChI is InChI=1S/C4H3ClO2.Al.O.Si/c5-4-3-6-1-2-7-4;;;/h1-3H;;;/q;+3;-2;+4. The van der Waals surface area contributed by atoms with E-state index in [1.807, 2.05) is 0 Å². The number of ether oxygens (including phenoxy) is 2. The van der Waals surface area contributed by atoms with E-state index in [-0.39, 0.29) is 39.0 Å². The van der Waals surface area contributed by atoms with Gasteiger partial charge in [0, 0.05) is 0 Å². The van der Waals surface area contributed by atoms with Gasteiger partial charge in [-0.3, -0.25) is 0 Å². The van der Waals surface area contributed by atoms with Gasteiger partial charge in [0.25, 0.3) is 0 Å². The van der Waals surface area contributed by atoms with Gasteiger partial charge in [-0.25, -0.2) is 0 Å². The third kappa shape index (κ3) is 6.20. The molecule has 6 heteroatoms. The van der Waals surface area contributed by atoms with E-state index in [1.165, 1.54) is 18.8 Å². The van der Waals surface area contributed by atoms with E-state index in [9.17, 15) is 0 Å². The van der Waals surface area contributed by atoms with Gasteiger partial charge in [-0.15, -0.1) is 0 Å². The summed E-state index contributed by atoms with van der Waals surface area (Å²) >= 11 is 5.28. The Bertz CT molecular complexity index is 128. The third-order valence-electron chi connectivity index (χ3n) is 0.475. The molecule has 0 fully saturated rings. The molecule has 0 radical (unpaired) electrons. The van der Waals surface area contributed by atoms with Gasteiger partial charge in [0.1, 0.15) is 18.8 Å². The summed E-state index contributed by atoms with van der Waals surface area (Å²) in [4.78, 5) is 0. The van der Waals surface area contributed by atoms with E-state index in [2.05, 4.69) is 9.47 Å². The normalized spacial score (nSPS) is 11.9. The molecule has 1 rings (SSSR count). The molecule has 0 N–H and O–H groups in total. The number of rotatable bonds is 0. The predicted octanol–water partition coefficient (Wildman–Crippen LogP) is 0.662. The fourth-order valence-corrected chi connectivity index (χ4v) is 0.348. The van der Waals surface area contributed by atoms with Gasteiger partial charge in [0.2, 0.25) is 5.22 Å². The zero-order valence-corrected chi connectivity index (χ0v) is 7.82. The Morgan fingerprint density at radius 1 is 1.30 bits per heavy atom. The first kappa shape index (κ1) is 16.6. The second-order valence-corrected chi connectivity index (χ2v) is 1.32. The van der Waals surface area contributed by atoms with Crippen LogP contribution in [0.3, 0.4) is 0 Å². The van der Waals surface area contributed by atoms with Crippen molar-refractivity contribution in [1.82, 2.24) is 0 Å². The van der Waals surface area contributed by atoms with Crippen LogP contribution in [0, 0.1) is 0 Å². The predicted molar refractivity (Wildman–Crippen MR) is 37.4 cm³/mol. The van der Waals surface area contributed by atoms with Crippen molar-refractivity contribution < 1.29 is 14.9 Å². The average Bonchev–Trinajstić information content (AvgIpc) is 1.69. The smallest absolute Gasteiger partial charge is 2.00 e.